The number of halogens is 4. The van der Waals surface area contributed by atoms with Crippen molar-refractivity contribution in [2.24, 2.45) is 5.41 Å². The van der Waals surface area contributed by atoms with Gasteiger partial charge in [0.05, 0.1) is 12.0 Å². The Bertz CT molecular complexity index is 1690. The molecule has 12 heteroatoms. The first-order chi connectivity index (χ1) is 21.5. The molecule has 0 bridgehead atoms. The Labute approximate surface area is 272 Å². The van der Waals surface area contributed by atoms with Gasteiger partial charge in [0.25, 0.3) is 5.56 Å². The maximum absolute atomic E-state index is 15.8. The molecular weight excluding hydrogens is 618 g/mol. The lowest BCUT2D eigenvalue weighted by atomic mass is 9.86. The van der Waals surface area contributed by atoms with Crippen molar-refractivity contribution in [2.75, 3.05) is 20.6 Å². The summed E-state index contributed by atoms with van der Waals surface area (Å²) in [5, 5.41) is 23.9. The smallest absolute Gasteiger partial charge is 0.416 e. The molecule has 1 unspecified atom stereocenters. The number of nitrogens with one attached hydrogen (secondary N) is 1. The van der Waals surface area contributed by atoms with E-state index < -0.39 is 64.2 Å². The van der Waals surface area contributed by atoms with E-state index in [2.05, 4.69) is 5.32 Å². The molecule has 1 amide bonds. The minimum Gasteiger partial charge on any atom is -0.481 e. The molecule has 0 radical (unpaired) electrons. The Morgan fingerprint density at radius 2 is 1.57 bits per heavy atom. The molecule has 0 aliphatic heterocycles. The van der Waals surface area contributed by atoms with E-state index in [0.29, 0.717) is 11.6 Å². The van der Waals surface area contributed by atoms with Crippen molar-refractivity contribution >= 4 is 11.9 Å². The predicted molar refractivity (Wildman–Crippen MR) is 171 cm³/mol. The third-order valence-corrected chi connectivity index (χ3v) is 7.95. The van der Waals surface area contributed by atoms with E-state index in [0.717, 1.165) is 27.5 Å². The molecular formula is C35H43F4N3O5. The number of alkyl halides is 3. The second-order valence-electron chi connectivity index (χ2n) is 13.6. The summed E-state index contributed by atoms with van der Waals surface area (Å²) in [5.74, 6) is -3.58. The second kappa shape index (κ2) is 14.0. The summed E-state index contributed by atoms with van der Waals surface area (Å²) < 4.78 is 58.6. The van der Waals surface area contributed by atoms with Crippen molar-refractivity contribution in [1.82, 2.24) is 14.8 Å². The highest BCUT2D eigenvalue weighted by molar-refractivity contribution is 5.82. The summed E-state index contributed by atoms with van der Waals surface area (Å²) in [6.07, 6.45) is -5.18. The van der Waals surface area contributed by atoms with Gasteiger partial charge in [0, 0.05) is 24.4 Å². The number of pyridine rings is 1. The molecule has 3 N–H and O–H groups in total. The number of rotatable bonds is 11. The van der Waals surface area contributed by atoms with Gasteiger partial charge in [0.1, 0.15) is 11.9 Å². The average molecular weight is 662 g/mol. The molecule has 2 aromatic carbocycles. The topological polar surface area (TPSA) is 112 Å². The third kappa shape index (κ3) is 9.07. The van der Waals surface area contributed by atoms with Crippen molar-refractivity contribution in [2.45, 2.75) is 78.7 Å². The van der Waals surface area contributed by atoms with Gasteiger partial charge in [-0.15, -0.1) is 0 Å². The SMILES string of the molecule is Cc1cc(-c2c(C)cccc2C)cc([C@](O)(CC(=O)O)NC(=O)C(CC(C)(C)C)n2cc(CCN(C)C)c(C(F)(F)F)cc2=O)c1F. The van der Waals surface area contributed by atoms with Gasteiger partial charge >= 0.3 is 12.1 Å². The van der Waals surface area contributed by atoms with Gasteiger partial charge in [0.15, 0.2) is 5.72 Å². The van der Waals surface area contributed by atoms with Crippen LogP contribution in [0.25, 0.3) is 11.1 Å². The summed E-state index contributed by atoms with van der Waals surface area (Å²) in [5.41, 5.74) is -3.49. The molecule has 1 heterocycles. The monoisotopic (exact) mass is 661 g/mol. The fourth-order valence-corrected chi connectivity index (χ4v) is 5.74. The molecule has 0 fully saturated rings. The van der Waals surface area contributed by atoms with Crippen molar-refractivity contribution < 1.29 is 37.4 Å². The number of nitrogens with zero attached hydrogens (tertiary/aromatic N) is 2. The maximum Gasteiger partial charge on any atom is 0.416 e. The van der Waals surface area contributed by atoms with Crippen LogP contribution in [0.4, 0.5) is 17.6 Å². The highest BCUT2D eigenvalue weighted by Gasteiger charge is 2.41. The highest BCUT2D eigenvalue weighted by Crippen LogP contribution is 2.37. The van der Waals surface area contributed by atoms with Crippen LogP contribution >= 0.6 is 0 Å². The zero-order valence-corrected chi connectivity index (χ0v) is 28.0. The molecule has 0 saturated heterocycles. The Morgan fingerprint density at radius 3 is 2.09 bits per heavy atom. The van der Waals surface area contributed by atoms with E-state index >= 15 is 4.39 Å². The van der Waals surface area contributed by atoms with Crippen LogP contribution in [0, 0.1) is 32.0 Å². The quantitative estimate of drug-likeness (QED) is 0.169. The number of carboxylic acid groups (broad SMARTS) is 1. The fourth-order valence-electron chi connectivity index (χ4n) is 5.74. The van der Waals surface area contributed by atoms with E-state index in [1.165, 1.54) is 13.0 Å². The van der Waals surface area contributed by atoms with Crippen molar-refractivity contribution in [3.8, 4) is 11.1 Å². The van der Waals surface area contributed by atoms with Crippen LogP contribution in [0.3, 0.4) is 0 Å². The van der Waals surface area contributed by atoms with E-state index in [9.17, 15) is 37.8 Å². The molecule has 0 aliphatic carbocycles. The molecule has 47 heavy (non-hydrogen) atoms. The Balaban J connectivity index is 2.23. The number of carboxylic acids is 1. The maximum atomic E-state index is 15.8. The normalized spacial score (nSPS) is 14.2. The Morgan fingerprint density at radius 1 is 0.979 bits per heavy atom. The van der Waals surface area contributed by atoms with Crippen LogP contribution < -0.4 is 10.9 Å². The summed E-state index contributed by atoms with van der Waals surface area (Å²) in [7, 11) is 3.36. The standard InChI is InChI=1S/C35H43F4N3O5/c1-20-10-9-11-21(2)30(20)24-14-22(3)31(36)26(15-24)34(47,18-29(44)45)40-32(46)27(17-33(4,5)6)42-19-23(12-13-41(7)8)25(16-28(42)43)35(37,38)39/h9-11,14-16,19,27,47H,12-13,17-18H2,1-8H3,(H,40,46)(H,44,45)/t27?,34-/m1/s1. The highest BCUT2D eigenvalue weighted by atomic mass is 19.4. The summed E-state index contributed by atoms with van der Waals surface area (Å²) >= 11 is 0. The molecule has 0 aliphatic rings. The molecule has 0 saturated carbocycles. The minimum atomic E-state index is -4.83. The molecule has 3 rings (SSSR count). The number of hydrogen-bond acceptors (Lipinski definition) is 5. The van der Waals surface area contributed by atoms with Gasteiger partial charge in [-0.25, -0.2) is 4.39 Å². The third-order valence-electron chi connectivity index (χ3n) is 7.95. The number of aliphatic carboxylic acids is 1. The number of likely N-dealkylation sites (N-methyl/N-ethyl adjacent to an activating group) is 1. The Hall–Kier alpha value is -4.03. The largest absolute Gasteiger partial charge is 0.481 e. The number of amides is 1. The van der Waals surface area contributed by atoms with E-state index in [1.54, 1.807) is 45.8 Å². The molecule has 3 aromatic rings. The van der Waals surface area contributed by atoms with Crippen molar-refractivity contribution in [3.05, 3.63) is 92.1 Å². The molecule has 1 aromatic heterocycles. The van der Waals surface area contributed by atoms with Gasteiger partial charge in [-0.3, -0.25) is 14.4 Å². The lowest BCUT2D eigenvalue weighted by Crippen LogP contribution is -2.51. The number of aryl methyl sites for hydroxylation is 3. The van der Waals surface area contributed by atoms with E-state index in [-0.39, 0.29) is 30.5 Å². The zero-order valence-electron chi connectivity index (χ0n) is 28.0. The second-order valence-corrected chi connectivity index (χ2v) is 13.6. The lowest BCUT2D eigenvalue weighted by Gasteiger charge is -2.34. The van der Waals surface area contributed by atoms with E-state index in [1.807, 2.05) is 32.0 Å². The number of carbonyl (C=O) groups is 2. The van der Waals surface area contributed by atoms with Crippen LogP contribution in [-0.4, -0.2) is 52.2 Å². The van der Waals surface area contributed by atoms with Gasteiger partial charge < -0.3 is 25.0 Å². The van der Waals surface area contributed by atoms with Crippen molar-refractivity contribution in [1.29, 1.82) is 0 Å². The zero-order chi connectivity index (χ0) is 35.6. The van der Waals surface area contributed by atoms with Crippen LogP contribution in [0.2, 0.25) is 0 Å². The van der Waals surface area contributed by atoms with Crippen LogP contribution in [0.1, 0.15) is 73.0 Å². The van der Waals surface area contributed by atoms with Gasteiger partial charge in [0.2, 0.25) is 5.91 Å². The van der Waals surface area contributed by atoms with Crippen LogP contribution in [0.15, 0.2) is 47.4 Å². The fraction of sp³-hybridized carbons (Fsp3) is 0.457. The van der Waals surface area contributed by atoms with Crippen molar-refractivity contribution in [3.63, 3.8) is 0 Å². The number of aliphatic hydroxyl groups is 1. The van der Waals surface area contributed by atoms with Gasteiger partial charge in [-0.2, -0.15) is 13.2 Å². The molecule has 256 valence electrons. The summed E-state index contributed by atoms with van der Waals surface area (Å²) in [6, 6.07) is 7.31. The minimum absolute atomic E-state index is 0.0777. The number of carbonyl (C=O) groups excluding carboxylic acids is 1. The molecule has 8 nitrogen and oxygen atoms in total. The lowest BCUT2D eigenvalue weighted by molar-refractivity contribution is -0.148. The van der Waals surface area contributed by atoms with Gasteiger partial charge in [-0.1, -0.05) is 39.0 Å². The van der Waals surface area contributed by atoms with Gasteiger partial charge in [-0.05, 0) is 98.6 Å². The first-order valence-electron chi connectivity index (χ1n) is 15.1. The number of hydrogen-bond donors (Lipinski definition) is 3. The Kier molecular flexibility index (Phi) is 11.1. The molecule has 0 spiro atoms. The predicted octanol–water partition coefficient (Wildman–Crippen LogP) is 6.12. The average Bonchev–Trinajstić information content (AvgIpc) is 2.91. The van der Waals surface area contributed by atoms with Crippen LogP contribution in [-0.2, 0) is 27.9 Å². The number of aromatic nitrogens is 1. The first kappa shape index (κ1) is 37.4. The first-order valence-corrected chi connectivity index (χ1v) is 15.1. The summed E-state index contributed by atoms with van der Waals surface area (Å²) in [6.45, 7) is 10.6. The van der Waals surface area contributed by atoms with E-state index in [4.69, 9.17) is 0 Å². The summed E-state index contributed by atoms with van der Waals surface area (Å²) in [4.78, 5) is 41.1. The number of benzene rings is 2. The van der Waals surface area contributed by atoms with Crippen LogP contribution in [0.5, 0.6) is 0 Å². The molecule has 2 atom stereocenters.